The van der Waals surface area contributed by atoms with Crippen LogP contribution in [0.25, 0.3) is 0 Å². The van der Waals surface area contributed by atoms with Crippen molar-refractivity contribution in [3.63, 3.8) is 0 Å². The van der Waals surface area contributed by atoms with Gasteiger partial charge in [0.2, 0.25) is 0 Å². The Labute approximate surface area is 93.2 Å². The summed E-state index contributed by atoms with van der Waals surface area (Å²) in [5.41, 5.74) is 6.06. The molecule has 2 nitrogen and oxygen atoms in total. The van der Waals surface area contributed by atoms with Crippen LogP contribution in [0, 0.1) is 5.82 Å². The van der Waals surface area contributed by atoms with Crippen LogP contribution in [0.5, 0.6) is 5.75 Å². The second-order valence-corrected chi connectivity index (χ2v) is 3.67. The summed E-state index contributed by atoms with van der Waals surface area (Å²) in [7, 11) is 0. The van der Waals surface area contributed by atoms with E-state index in [1.54, 1.807) is 6.08 Å². The van der Waals surface area contributed by atoms with Gasteiger partial charge in [-0.1, -0.05) is 17.7 Å². The lowest BCUT2D eigenvalue weighted by atomic mass is 10.0. The van der Waals surface area contributed by atoms with Crippen molar-refractivity contribution in [1.29, 1.82) is 0 Å². The van der Waals surface area contributed by atoms with E-state index in [-0.39, 0.29) is 10.6 Å². The quantitative estimate of drug-likeness (QED) is 0.780. The van der Waals surface area contributed by atoms with E-state index in [4.69, 9.17) is 17.3 Å². The lowest BCUT2D eigenvalue weighted by molar-refractivity contribution is 0.419. The molecule has 0 aromatic heterocycles. The summed E-state index contributed by atoms with van der Waals surface area (Å²) in [5, 5.41) is 9.77. The average molecular weight is 230 g/mol. The summed E-state index contributed by atoms with van der Waals surface area (Å²) in [6.07, 6.45) is 2.97. The van der Waals surface area contributed by atoms with E-state index in [9.17, 15) is 9.50 Å². The van der Waals surface area contributed by atoms with E-state index in [2.05, 4.69) is 6.58 Å². The summed E-state index contributed by atoms with van der Waals surface area (Å²) in [4.78, 5) is 0. The third-order valence-corrected chi connectivity index (χ3v) is 2.50. The smallest absolute Gasteiger partial charge is 0.165 e. The van der Waals surface area contributed by atoms with Crippen LogP contribution in [0.4, 0.5) is 4.39 Å². The first-order valence-corrected chi connectivity index (χ1v) is 4.99. The average Bonchev–Trinajstić information content (AvgIpc) is 2.21. The van der Waals surface area contributed by atoms with Crippen LogP contribution >= 0.6 is 11.6 Å². The van der Waals surface area contributed by atoms with E-state index in [0.29, 0.717) is 12.8 Å². The number of phenols is 1. The highest BCUT2D eigenvalue weighted by atomic mass is 35.5. The monoisotopic (exact) mass is 229 g/mol. The summed E-state index contributed by atoms with van der Waals surface area (Å²) < 4.78 is 13.1. The van der Waals surface area contributed by atoms with Crippen molar-refractivity contribution in [2.75, 3.05) is 0 Å². The Morgan fingerprint density at radius 2 is 2.27 bits per heavy atom. The van der Waals surface area contributed by atoms with Gasteiger partial charge in [-0.05, 0) is 25.0 Å². The van der Waals surface area contributed by atoms with Gasteiger partial charge in [-0.3, -0.25) is 0 Å². The molecule has 1 atom stereocenters. The maximum atomic E-state index is 13.1. The molecule has 0 aliphatic rings. The zero-order valence-electron chi connectivity index (χ0n) is 8.21. The number of hydrogen-bond acceptors (Lipinski definition) is 2. The van der Waals surface area contributed by atoms with Gasteiger partial charge in [0, 0.05) is 16.6 Å². The fraction of sp³-hybridized carbons (Fsp3) is 0.273. The molecular weight excluding hydrogens is 217 g/mol. The molecule has 4 heteroatoms. The van der Waals surface area contributed by atoms with E-state index in [1.165, 1.54) is 6.07 Å². The molecule has 0 amide bonds. The Morgan fingerprint density at radius 1 is 1.60 bits per heavy atom. The minimum absolute atomic E-state index is 0.263. The van der Waals surface area contributed by atoms with Crippen molar-refractivity contribution in [2.24, 2.45) is 5.73 Å². The maximum absolute atomic E-state index is 13.1. The third-order valence-electron chi connectivity index (χ3n) is 2.17. The molecule has 0 spiro atoms. The van der Waals surface area contributed by atoms with Crippen molar-refractivity contribution in [1.82, 2.24) is 0 Å². The van der Waals surface area contributed by atoms with Crippen molar-refractivity contribution in [3.8, 4) is 5.75 Å². The molecule has 1 aromatic rings. The summed E-state index contributed by atoms with van der Waals surface area (Å²) >= 11 is 5.84. The number of halogens is 2. The fourth-order valence-electron chi connectivity index (χ4n) is 1.35. The number of nitrogens with two attached hydrogens (primary N) is 1. The van der Waals surface area contributed by atoms with Crippen LogP contribution in [-0.2, 0) is 0 Å². The molecule has 1 aromatic carbocycles. The van der Waals surface area contributed by atoms with Crippen LogP contribution < -0.4 is 5.73 Å². The van der Waals surface area contributed by atoms with Crippen LogP contribution in [0.3, 0.4) is 0 Å². The van der Waals surface area contributed by atoms with Gasteiger partial charge in [-0.2, -0.15) is 0 Å². The van der Waals surface area contributed by atoms with Gasteiger partial charge in [0.05, 0.1) is 0 Å². The predicted octanol–water partition coefficient (Wildman–Crippen LogP) is 3.15. The zero-order valence-corrected chi connectivity index (χ0v) is 8.97. The van der Waals surface area contributed by atoms with Crippen molar-refractivity contribution in [2.45, 2.75) is 18.9 Å². The first kappa shape index (κ1) is 12.0. The van der Waals surface area contributed by atoms with Gasteiger partial charge >= 0.3 is 0 Å². The van der Waals surface area contributed by atoms with Crippen LogP contribution in [-0.4, -0.2) is 5.11 Å². The fourth-order valence-corrected chi connectivity index (χ4v) is 1.64. The highest BCUT2D eigenvalue weighted by molar-refractivity contribution is 6.31. The molecule has 0 fully saturated rings. The minimum atomic E-state index is -0.705. The van der Waals surface area contributed by atoms with Crippen molar-refractivity contribution in [3.05, 3.63) is 41.2 Å². The van der Waals surface area contributed by atoms with E-state index < -0.39 is 17.6 Å². The van der Waals surface area contributed by atoms with Crippen LogP contribution in [0.2, 0.25) is 5.02 Å². The van der Waals surface area contributed by atoms with E-state index in [0.717, 1.165) is 6.07 Å². The topological polar surface area (TPSA) is 46.2 Å². The standard InChI is InChI=1S/C11H13ClFNO/c1-2-3-4-9(14)10-7(12)5-6-8(13)11(10)15/h2,5-6,9,15H,1,3-4,14H2/t9-/m0/s1. The normalized spacial score (nSPS) is 12.5. The Balaban J connectivity index is 3.01. The van der Waals surface area contributed by atoms with Crippen molar-refractivity contribution >= 4 is 11.6 Å². The highest BCUT2D eigenvalue weighted by Gasteiger charge is 2.17. The molecule has 0 saturated heterocycles. The van der Waals surface area contributed by atoms with Gasteiger partial charge in [0.15, 0.2) is 11.6 Å². The molecule has 3 N–H and O–H groups in total. The molecule has 0 aliphatic carbocycles. The molecule has 1 rings (SSSR count). The van der Waals surface area contributed by atoms with E-state index >= 15 is 0 Å². The molecule has 82 valence electrons. The zero-order chi connectivity index (χ0) is 11.4. The SMILES string of the molecule is C=CCC[C@H](N)c1c(Cl)ccc(F)c1O. The molecule has 0 bridgehead atoms. The van der Waals surface area contributed by atoms with Gasteiger partial charge in [-0.15, -0.1) is 6.58 Å². The van der Waals surface area contributed by atoms with Crippen molar-refractivity contribution < 1.29 is 9.50 Å². The number of rotatable bonds is 4. The lowest BCUT2D eigenvalue weighted by Gasteiger charge is -2.14. The van der Waals surface area contributed by atoms with Gasteiger partial charge in [0.25, 0.3) is 0 Å². The second-order valence-electron chi connectivity index (χ2n) is 3.26. The Morgan fingerprint density at radius 3 is 2.87 bits per heavy atom. The Kier molecular flexibility index (Phi) is 4.12. The third kappa shape index (κ3) is 2.70. The summed E-state index contributed by atoms with van der Waals surface area (Å²) in [6.45, 7) is 3.56. The Hall–Kier alpha value is -1.06. The van der Waals surface area contributed by atoms with E-state index in [1.807, 2.05) is 0 Å². The number of phenolic OH excluding ortho intramolecular Hbond substituents is 1. The minimum Gasteiger partial charge on any atom is -0.505 e. The molecular formula is C11H13ClFNO. The molecule has 0 unspecified atom stereocenters. The second kappa shape index (κ2) is 5.14. The summed E-state index contributed by atoms with van der Waals surface area (Å²) in [6, 6.07) is 2.02. The molecule has 0 saturated carbocycles. The number of allylic oxidation sites excluding steroid dienone is 1. The maximum Gasteiger partial charge on any atom is 0.165 e. The van der Waals surface area contributed by atoms with Crippen LogP contribution in [0.1, 0.15) is 24.4 Å². The Bertz CT molecular complexity index is 368. The number of aromatic hydroxyl groups is 1. The summed E-state index contributed by atoms with van der Waals surface area (Å²) in [5.74, 6) is -1.16. The highest BCUT2D eigenvalue weighted by Crippen LogP contribution is 2.34. The van der Waals surface area contributed by atoms with Gasteiger partial charge < -0.3 is 10.8 Å². The predicted molar refractivity (Wildman–Crippen MR) is 59.4 cm³/mol. The molecule has 15 heavy (non-hydrogen) atoms. The lowest BCUT2D eigenvalue weighted by Crippen LogP contribution is -2.11. The number of benzene rings is 1. The molecule has 0 heterocycles. The first-order chi connectivity index (χ1) is 7.07. The van der Waals surface area contributed by atoms with Gasteiger partial charge in [0.1, 0.15) is 0 Å². The number of hydrogen-bond donors (Lipinski definition) is 2. The molecule has 0 aliphatic heterocycles. The van der Waals surface area contributed by atoms with Crippen LogP contribution in [0.15, 0.2) is 24.8 Å². The molecule has 0 radical (unpaired) electrons. The largest absolute Gasteiger partial charge is 0.505 e. The first-order valence-electron chi connectivity index (χ1n) is 4.61. The van der Waals surface area contributed by atoms with Gasteiger partial charge in [-0.25, -0.2) is 4.39 Å².